The topological polar surface area (TPSA) is 113 Å². The molecule has 2 rings (SSSR count). The van der Waals surface area contributed by atoms with Crippen molar-refractivity contribution in [1.82, 2.24) is 10.2 Å². The number of hydrogen-bond acceptors (Lipinski definition) is 5. The third kappa shape index (κ3) is 2.86. The Morgan fingerprint density at radius 3 is 2.73 bits per heavy atom. The lowest BCUT2D eigenvalue weighted by atomic mass is 10.1. The summed E-state index contributed by atoms with van der Waals surface area (Å²) >= 11 is 5.77. The Kier molecular flexibility index (Phi) is 4.32. The Hall–Kier alpha value is -2.61. The highest BCUT2D eigenvalue weighted by molar-refractivity contribution is 6.31. The molecule has 0 saturated carbocycles. The van der Waals surface area contributed by atoms with Crippen molar-refractivity contribution in [2.45, 2.75) is 13.3 Å². The minimum Gasteiger partial charge on any atom is -0.502 e. The maximum absolute atomic E-state index is 12.1. The molecule has 0 aliphatic carbocycles. The SMILES string of the molecule is CCCN1C(=O)N/C(=C/c2cc(Cl)cc([N+](=O)[O-])c2O)C1=O. The van der Waals surface area contributed by atoms with E-state index in [4.69, 9.17) is 11.6 Å². The van der Waals surface area contributed by atoms with Gasteiger partial charge in [-0.05, 0) is 18.6 Å². The normalized spacial score (nSPS) is 16.3. The summed E-state index contributed by atoms with van der Waals surface area (Å²) in [5, 5.41) is 23.1. The summed E-state index contributed by atoms with van der Waals surface area (Å²) in [6.07, 6.45) is 1.75. The zero-order chi connectivity index (χ0) is 16.4. The Morgan fingerprint density at radius 1 is 1.45 bits per heavy atom. The molecule has 1 aliphatic heterocycles. The van der Waals surface area contributed by atoms with Gasteiger partial charge in [0.15, 0.2) is 0 Å². The van der Waals surface area contributed by atoms with E-state index >= 15 is 0 Å². The third-order valence-electron chi connectivity index (χ3n) is 2.99. The molecule has 8 nitrogen and oxygen atoms in total. The lowest BCUT2D eigenvalue weighted by Crippen LogP contribution is -2.31. The van der Waals surface area contributed by atoms with Crippen LogP contribution in [0.3, 0.4) is 0 Å². The van der Waals surface area contributed by atoms with Crippen molar-refractivity contribution in [3.63, 3.8) is 0 Å². The highest BCUT2D eigenvalue weighted by Gasteiger charge is 2.33. The van der Waals surface area contributed by atoms with Crippen molar-refractivity contribution in [3.8, 4) is 5.75 Å². The van der Waals surface area contributed by atoms with Crippen molar-refractivity contribution in [2.75, 3.05) is 6.54 Å². The Morgan fingerprint density at radius 2 is 2.14 bits per heavy atom. The minimum absolute atomic E-state index is 0.0264. The molecule has 22 heavy (non-hydrogen) atoms. The molecular weight excluding hydrogens is 314 g/mol. The van der Waals surface area contributed by atoms with Crippen LogP contribution < -0.4 is 5.32 Å². The summed E-state index contributed by atoms with van der Waals surface area (Å²) in [6.45, 7) is 2.07. The van der Waals surface area contributed by atoms with Gasteiger partial charge in [-0.25, -0.2) is 4.79 Å². The monoisotopic (exact) mass is 325 g/mol. The summed E-state index contributed by atoms with van der Waals surface area (Å²) in [5.41, 5.74) is -0.687. The largest absolute Gasteiger partial charge is 0.502 e. The number of nitro benzene ring substituents is 1. The average Bonchev–Trinajstić information content (AvgIpc) is 2.70. The average molecular weight is 326 g/mol. The number of carbonyl (C=O) groups is 2. The van der Waals surface area contributed by atoms with E-state index in [0.29, 0.717) is 6.42 Å². The fourth-order valence-corrected chi connectivity index (χ4v) is 2.23. The van der Waals surface area contributed by atoms with Crippen molar-refractivity contribution < 1.29 is 19.6 Å². The summed E-state index contributed by atoms with van der Waals surface area (Å²) in [5.74, 6) is -1.19. The van der Waals surface area contributed by atoms with Crippen LogP contribution in [0.25, 0.3) is 6.08 Å². The molecule has 0 atom stereocenters. The molecule has 0 bridgehead atoms. The van der Waals surface area contributed by atoms with Gasteiger partial charge in [-0.1, -0.05) is 18.5 Å². The van der Waals surface area contributed by atoms with Gasteiger partial charge in [0.2, 0.25) is 5.75 Å². The molecule has 0 aromatic heterocycles. The number of imide groups is 1. The number of carbonyl (C=O) groups excluding carboxylic acids is 2. The van der Waals surface area contributed by atoms with Gasteiger partial charge in [-0.2, -0.15) is 0 Å². The van der Waals surface area contributed by atoms with E-state index in [1.54, 1.807) is 0 Å². The number of phenols is 1. The lowest BCUT2D eigenvalue weighted by Gasteiger charge is -2.08. The van der Waals surface area contributed by atoms with Crippen LogP contribution in [0, 0.1) is 10.1 Å². The first-order valence-corrected chi connectivity index (χ1v) is 6.74. The summed E-state index contributed by atoms with van der Waals surface area (Å²) in [4.78, 5) is 34.8. The van der Waals surface area contributed by atoms with Gasteiger partial charge < -0.3 is 10.4 Å². The van der Waals surface area contributed by atoms with Gasteiger partial charge in [0.05, 0.1) is 4.92 Å². The van der Waals surface area contributed by atoms with E-state index in [9.17, 15) is 24.8 Å². The van der Waals surface area contributed by atoms with Gasteiger partial charge in [-0.15, -0.1) is 0 Å². The molecule has 1 aromatic carbocycles. The maximum atomic E-state index is 12.1. The van der Waals surface area contributed by atoms with E-state index in [2.05, 4.69) is 5.32 Å². The molecule has 0 unspecified atom stereocenters. The standard InChI is InChI=1S/C13H12ClN3O5/c1-2-3-16-12(19)9(15-13(16)20)5-7-4-8(14)6-10(11(7)18)17(21)22/h4-6,18H,2-3H2,1H3,(H,15,20)/b9-5+. The summed E-state index contributed by atoms with van der Waals surface area (Å²) in [7, 11) is 0. The smallest absolute Gasteiger partial charge is 0.329 e. The van der Waals surface area contributed by atoms with E-state index in [-0.39, 0.29) is 22.8 Å². The second-order valence-corrected chi connectivity index (χ2v) is 5.00. The van der Waals surface area contributed by atoms with Gasteiger partial charge in [0.25, 0.3) is 5.91 Å². The number of halogens is 1. The Labute approximate surface area is 130 Å². The lowest BCUT2D eigenvalue weighted by molar-refractivity contribution is -0.385. The zero-order valence-corrected chi connectivity index (χ0v) is 12.3. The molecule has 1 fully saturated rings. The number of nitrogens with one attached hydrogen (secondary N) is 1. The second kappa shape index (κ2) is 6.02. The van der Waals surface area contributed by atoms with Crippen molar-refractivity contribution in [2.24, 2.45) is 0 Å². The van der Waals surface area contributed by atoms with Crippen LogP contribution >= 0.6 is 11.6 Å². The van der Waals surface area contributed by atoms with Crippen molar-refractivity contribution >= 4 is 35.3 Å². The third-order valence-corrected chi connectivity index (χ3v) is 3.21. The first-order valence-electron chi connectivity index (χ1n) is 6.36. The van der Waals surface area contributed by atoms with Crippen LogP contribution in [-0.2, 0) is 4.79 Å². The van der Waals surface area contributed by atoms with Gasteiger partial charge in [-0.3, -0.25) is 19.8 Å². The van der Waals surface area contributed by atoms with E-state index < -0.39 is 28.3 Å². The van der Waals surface area contributed by atoms with Gasteiger partial charge in [0.1, 0.15) is 5.70 Å². The molecule has 1 aliphatic rings. The van der Waals surface area contributed by atoms with Crippen LogP contribution in [0.4, 0.5) is 10.5 Å². The van der Waals surface area contributed by atoms with Gasteiger partial charge >= 0.3 is 11.7 Å². The summed E-state index contributed by atoms with van der Waals surface area (Å²) < 4.78 is 0. The predicted octanol–water partition coefficient (Wildman–Crippen LogP) is 2.26. The quantitative estimate of drug-likeness (QED) is 0.381. The van der Waals surface area contributed by atoms with Crippen LogP contribution in [0.1, 0.15) is 18.9 Å². The van der Waals surface area contributed by atoms with E-state index in [0.717, 1.165) is 17.0 Å². The highest BCUT2D eigenvalue weighted by Crippen LogP contribution is 2.34. The number of rotatable bonds is 4. The number of benzene rings is 1. The zero-order valence-electron chi connectivity index (χ0n) is 11.5. The molecule has 2 N–H and O–H groups in total. The number of nitrogens with zero attached hydrogens (tertiary/aromatic N) is 2. The molecule has 1 saturated heterocycles. The number of phenolic OH excluding ortho intramolecular Hbond substituents is 1. The van der Waals surface area contributed by atoms with Crippen LogP contribution in [0.5, 0.6) is 5.75 Å². The number of amides is 3. The fourth-order valence-electron chi connectivity index (χ4n) is 2.01. The molecule has 3 amide bonds. The number of nitro groups is 1. The van der Waals surface area contributed by atoms with Crippen LogP contribution in [-0.4, -0.2) is 33.4 Å². The Balaban J connectivity index is 2.44. The van der Waals surface area contributed by atoms with Crippen LogP contribution in [0.15, 0.2) is 17.8 Å². The first-order chi connectivity index (χ1) is 10.3. The molecule has 0 radical (unpaired) electrons. The minimum atomic E-state index is -0.790. The van der Waals surface area contributed by atoms with Crippen LogP contribution in [0.2, 0.25) is 5.02 Å². The molecule has 1 heterocycles. The van der Waals surface area contributed by atoms with E-state index in [1.165, 1.54) is 6.07 Å². The number of urea groups is 1. The summed E-state index contributed by atoms with van der Waals surface area (Å²) in [6, 6.07) is 1.69. The Bertz CT molecular complexity index is 701. The maximum Gasteiger partial charge on any atom is 0.329 e. The molecule has 1 aromatic rings. The molecule has 116 valence electrons. The fraction of sp³-hybridized carbons (Fsp3) is 0.231. The molecule has 9 heteroatoms. The second-order valence-electron chi connectivity index (χ2n) is 4.56. The van der Waals surface area contributed by atoms with Gasteiger partial charge in [0, 0.05) is 23.2 Å². The molecule has 0 spiro atoms. The van der Waals surface area contributed by atoms with Crippen molar-refractivity contribution in [3.05, 3.63) is 38.5 Å². The first kappa shape index (κ1) is 15.8. The molecular formula is C13H12ClN3O5. The van der Waals surface area contributed by atoms with E-state index in [1.807, 2.05) is 6.92 Å². The predicted molar refractivity (Wildman–Crippen MR) is 78.3 cm³/mol. The number of aromatic hydroxyl groups is 1. The van der Waals surface area contributed by atoms with Crippen molar-refractivity contribution in [1.29, 1.82) is 0 Å². The highest BCUT2D eigenvalue weighted by atomic mass is 35.5. The number of hydrogen-bond donors (Lipinski definition) is 2.